The molecular weight excluding hydrogens is 212 g/mol. The van der Waals surface area contributed by atoms with E-state index in [1.54, 1.807) is 0 Å². The van der Waals surface area contributed by atoms with Gasteiger partial charge in [-0.3, -0.25) is 15.4 Å². The van der Waals surface area contributed by atoms with Gasteiger partial charge in [0.1, 0.15) is 5.76 Å². The third-order valence-electron chi connectivity index (χ3n) is 1.90. The van der Waals surface area contributed by atoms with E-state index in [1.165, 1.54) is 0 Å². The predicted octanol–water partition coefficient (Wildman–Crippen LogP) is -0.424. The molecule has 1 aromatic heterocycles. The summed E-state index contributed by atoms with van der Waals surface area (Å²) in [6, 6.07) is -0.866. The minimum atomic E-state index is -0.866. The zero-order valence-corrected chi connectivity index (χ0v) is 9.16. The average Bonchev–Trinajstić information content (AvgIpc) is 2.44. The Bertz CT molecular complexity index is 380. The molecule has 16 heavy (non-hydrogen) atoms. The maximum Gasteiger partial charge on any atom is 0.318 e. The van der Waals surface area contributed by atoms with E-state index < -0.39 is 11.9 Å². The number of carbonyl (C=O) groups excluding carboxylic acids is 2. The van der Waals surface area contributed by atoms with Crippen LogP contribution in [0.25, 0.3) is 0 Å². The average molecular weight is 226 g/mol. The van der Waals surface area contributed by atoms with Crippen molar-refractivity contribution in [3.05, 3.63) is 17.3 Å². The highest BCUT2D eigenvalue weighted by Gasteiger charge is 2.07. The molecule has 7 nitrogen and oxygen atoms in total. The van der Waals surface area contributed by atoms with Crippen LogP contribution in [-0.2, 0) is 11.3 Å². The van der Waals surface area contributed by atoms with Crippen LogP contribution >= 0.6 is 0 Å². The van der Waals surface area contributed by atoms with Crippen LogP contribution in [0.5, 0.6) is 0 Å². The van der Waals surface area contributed by atoms with Crippen molar-refractivity contribution in [3.8, 4) is 0 Å². The Labute approximate surface area is 92.4 Å². The van der Waals surface area contributed by atoms with Gasteiger partial charge in [-0.25, -0.2) is 9.78 Å². The summed E-state index contributed by atoms with van der Waals surface area (Å²) in [4.78, 5) is 25.4. The largest absolute Gasteiger partial charge is 0.444 e. The topological polar surface area (TPSA) is 110 Å². The van der Waals surface area contributed by atoms with Crippen molar-refractivity contribution in [2.75, 3.05) is 6.54 Å². The molecule has 0 spiro atoms. The Kier molecular flexibility index (Phi) is 4.01. The Morgan fingerprint density at radius 2 is 2.12 bits per heavy atom. The minimum Gasteiger partial charge on any atom is -0.444 e. The second-order valence-electron chi connectivity index (χ2n) is 3.27. The molecule has 0 saturated carbocycles. The lowest BCUT2D eigenvalue weighted by molar-refractivity contribution is -0.119. The normalized spacial score (nSPS) is 10.1. The number of nitrogens with one attached hydrogen (secondary N) is 2. The van der Waals surface area contributed by atoms with Gasteiger partial charge in [0.05, 0.1) is 18.8 Å². The van der Waals surface area contributed by atoms with E-state index in [1.807, 2.05) is 19.2 Å². The number of amides is 3. The van der Waals surface area contributed by atoms with E-state index in [2.05, 4.69) is 10.3 Å². The Balaban J connectivity index is 2.30. The van der Waals surface area contributed by atoms with E-state index >= 15 is 0 Å². The van der Waals surface area contributed by atoms with Gasteiger partial charge in [0.15, 0.2) is 0 Å². The number of carbonyl (C=O) groups is 2. The molecule has 0 aromatic carbocycles. The molecule has 1 heterocycles. The SMILES string of the molecule is Cc1nc(CNCC(=O)NC(N)=O)oc1C. The van der Waals surface area contributed by atoms with E-state index in [0.717, 1.165) is 11.5 Å². The molecule has 7 heteroatoms. The fraction of sp³-hybridized carbons (Fsp3) is 0.444. The highest BCUT2D eigenvalue weighted by Crippen LogP contribution is 2.07. The number of hydrogen-bond donors (Lipinski definition) is 3. The van der Waals surface area contributed by atoms with Crippen molar-refractivity contribution in [3.63, 3.8) is 0 Å². The third kappa shape index (κ3) is 3.70. The second-order valence-corrected chi connectivity index (χ2v) is 3.27. The molecule has 0 unspecified atom stereocenters. The number of imide groups is 1. The first kappa shape index (κ1) is 12.2. The molecule has 0 radical (unpaired) electrons. The van der Waals surface area contributed by atoms with Crippen LogP contribution in [0.15, 0.2) is 4.42 Å². The number of nitrogens with two attached hydrogens (primary N) is 1. The highest BCUT2D eigenvalue weighted by atomic mass is 16.4. The molecule has 3 amide bonds. The summed E-state index contributed by atoms with van der Waals surface area (Å²) >= 11 is 0. The number of primary amides is 1. The maximum absolute atomic E-state index is 11.0. The minimum absolute atomic E-state index is 0.0244. The summed E-state index contributed by atoms with van der Waals surface area (Å²) in [5, 5.41) is 4.70. The van der Waals surface area contributed by atoms with Crippen LogP contribution in [0, 0.1) is 13.8 Å². The van der Waals surface area contributed by atoms with Crippen LogP contribution in [-0.4, -0.2) is 23.5 Å². The molecular formula is C9H14N4O3. The number of nitrogens with zero attached hydrogens (tertiary/aromatic N) is 1. The molecule has 0 aliphatic heterocycles. The summed E-state index contributed by atoms with van der Waals surface area (Å²) < 4.78 is 5.28. The van der Waals surface area contributed by atoms with Crippen LogP contribution in [0.4, 0.5) is 4.79 Å². The molecule has 4 N–H and O–H groups in total. The van der Waals surface area contributed by atoms with Gasteiger partial charge >= 0.3 is 6.03 Å². The zero-order valence-electron chi connectivity index (χ0n) is 9.16. The third-order valence-corrected chi connectivity index (χ3v) is 1.90. The summed E-state index contributed by atoms with van der Waals surface area (Å²) in [7, 11) is 0. The number of aryl methyl sites for hydroxylation is 2. The van der Waals surface area contributed by atoms with Gasteiger partial charge in [-0.15, -0.1) is 0 Å². The molecule has 0 bridgehead atoms. The molecule has 0 aliphatic rings. The first-order valence-electron chi connectivity index (χ1n) is 4.72. The van der Waals surface area contributed by atoms with E-state index in [4.69, 9.17) is 10.2 Å². The summed E-state index contributed by atoms with van der Waals surface area (Å²) in [5.74, 6) is 0.757. The van der Waals surface area contributed by atoms with E-state index in [0.29, 0.717) is 12.4 Å². The van der Waals surface area contributed by atoms with Crippen LogP contribution in [0.1, 0.15) is 17.3 Å². The van der Waals surface area contributed by atoms with Gasteiger partial charge in [0, 0.05) is 0 Å². The Morgan fingerprint density at radius 3 is 2.62 bits per heavy atom. The Morgan fingerprint density at radius 1 is 1.44 bits per heavy atom. The van der Waals surface area contributed by atoms with Gasteiger partial charge in [-0.1, -0.05) is 0 Å². The van der Waals surface area contributed by atoms with Crippen molar-refractivity contribution in [1.29, 1.82) is 0 Å². The van der Waals surface area contributed by atoms with Gasteiger partial charge in [-0.2, -0.15) is 0 Å². The van der Waals surface area contributed by atoms with Gasteiger partial charge < -0.3 is 10.2 Å². The number of urea groups is 1. The summed E-state index contributed by atoms with van der Waals surface area (Å²) in [6.45, 7) is 3.94. The van der Waals surface area contributed by atoms with Crippen molar-refractivity contribution in [2.24, 2.45) is 5.73 Å². The molecule has 0 saturated heterocycles. The lowest BCUT2D eigenvalue weighted by atomic mass is 10.4. The lowest BCUT2D eigenvalue weighted by Gasteiger charge is -2.01. The fourth-order valence-corrected chi connectivity index (χ4v) is 1.08. The number of rotatable bonds is 4. The summed E-state index contributed by atoms with van der Waals surface area (Å²) in [5.41, 5.74) is 5.59. The Hall–Kier alpha value is -1.89. The molecule has 0 atom stereocenters. The molecule has 0 aliphatic carbocycles. The maximum atomic E-state index is 11.0. The zero-order chi connectivity index (χ0) is 12.1. The second kappa shape index (κ2) is 5.26. The first-order chi connectivity index (χ1) is 7.49. The molecule has 1 aromatic rings. The van der Waals surface area contributed by atoms with E-state index in [9.17, 15) is 9.59 Å². The van der Waals surface area contributed by atoms with Gasteiger partial charge in [0.2, 0.25) is 11.8 Å². The van der Waals surface area contributed by atoms with Crippen molar-refractivity contribution < 1.29 is 14.0 Å². The first-order valence-corrected chi connectivity index (χ1v) is 4.72. The highest BCUT2D eigenvalue weighted by molar-refractivity contribution is 5.94. The quantitative estimate of drug-likeness (QED) is 0.645. The molecule has 1 rings (SSSR count). The van der Waals surface area contributed by atoms with Crippen LogP contribution < -0.4 is 16.4 Å². The lowest BCUT2D eigenvalue weighted by Crippen LogP contribution is -2.40. The fourth-order valence-electron chi connectivity index (χ4n) is 1.08. The molecule has 88 valence electrons. The monoisotopic (exact) mass is 226 g/mol. The number of oxazole rings is 1. The van der Waals surface area contributed by atoms with Crippen molar-refractivity contribution in [2.45, 2.75) is 20.4 Å². The molecule has 0 fully saturated rings. The smallest absolute Gasteiger partial charge is 0.318 e. The number of hydrogen-bond acceptors (Lipinski definition) is 5. The van der Waals surface area contributed by atoms with Gasteiger partial charge in [0.25, 0.3) is 0 Å². The standard InChI is InChI=1S/C9H14N4O3/c1-5-6(2)16-8(12-5)4-11-3-7(14)13-9(10)15/h11H,3-4H2,1-2H3,(H3,10,13,14,15). The van der Waals surface area contributed by atoms with E-state index in [-0.39, 0.29) is 6.54 Å². The van der Waals surface area contributed by atoms with Crippen LogP contribution in [0.2, 0.25) is 0 Å². The summed E-state index contributed by atoms with van der Waals surface area (Å²) in [6.07, 6.45) is 0. The van der Waals surface area contributed by atoms with Crippen LogP contribution in [0.3, 0.4) is 0 Å². The van der Waals surface area contributed by atoms with Crippen molar-refractivity contribution in [1.82, 2.24) is 15.6 Å². The van der Waals surface area contributed by atoms with Gasteiger partial charge in [-0.05, 0) is 13.8 Å². The number of aromatic nitrogens is 1. The van der Waals surface area contributed by atoms with Crippen molar-refractivity contribution >= 4 is 11.9 Å². The predicted molar refractivity (Wildman–Crippen MR) is 55.4 cm³/mol.